The van der Waals surface area contributed by atoms with Crippen molar-refractivity contribution in [2.24, 2.45) is 0 Å². The Morgan fingerprint density at radius 2 is 2.00 bits per heavy atom. The van der Waals surface area contributed by atoms with Gasteiger partial charge < -0.3 is 20.6 Å². The first-order chi connectivity index (χ1) is 8.48. The van der Waals surface area contributed by atoms with Gasteiger partial charge in [-0.05, 0) is 24.6 Å². The lowest BCUT2D eigenvalue weighted by atomic mass is 9.97. The minimum atomic E-state index is -1.06. The second-order valence-corrected chi connectivity index (χ2v) is 4.99. The summed E-state index contributed by atoms with van der Waals surface area (Å²) in [6.45, 7) is 1.23. The van der Waals surface area contributed by atoms with Crippen LogP contribution in [0.2, 0.25) is 0 Å². The van der Waals surface area contributed by atoms with Gasteiger partial charge in [0, 0.05) is 4.47 Å². The molecule has 0 aliphatic heterocycles. The number of nitrogens with one attached hydrogen (secondary N) is 1. The molecular formula is C12H16BrNO4. The summed E-state index contributed by atoms with van der Waals surface area (Å²) in [5, 5.41) is 30.7. The molecule has 0 fully saturated rings. The van der Waals surface area contributed by atoms with Crippen LogP contribution in [0, 0.1) is 0 Å². The lowest BCUT2D eigenvalue weighted by molar-refractivity contribution is 0.0697. The summed E-state index contributed by atoms with van der Waals surface area (Å²) in [5.74, 6) is -1.06. The third kappa shape index (κ3) is 3.22. The molecule has 0 unspecified atom stereocenters. The molecule has 0 aliphatic rings. The fraction of sp³-hybridized carbons (Fsp3) is 0.417. The summed E-state index contributed by atoms with van der Waals surface area (Å²) in [4.78, 5) is 11.1. The van der Waals surface area contributed by atoms with Gasteiger partial charge in [0.1, 0.15) is 0 Å². The Hall–Kier alpha value is -1.11. The molecule has 0 heterocycles. The summed E-state index contributed by atoms with van der Waals surface area (Å²) >= 11 is 3.26. The number of anilines is 1. The van der Waals surface area contributed by atoms with Crippen LogP contribution >= 0.6 is 15.9 Å². The Bertz CT molecular complexity index is 424. The third-order valence-electron chi connectivity index (χ3n) is 2.89. The quantitative estimate of drug-likeness (QED) is 0.641. The SMILES string of the molecule is CCC(CO)(CO)Nc1cc(Br)ccc1C(=O)O. The highest BCUT2D eigenvalue weighted by atomic mass is 79.9. The summed E-state index contributed by atoms with van der Waals surface area (Å²) < 4.78 is 0.718. The fourth-order valence-corrected chi connectivity index (χ4v) is 1.89. The Morgan fingerprint density at radius 3 is 2.44 bits per heavy atom. The van der Waals surface area contributed by atoms with Gasteiger partial charge in [-0.25, -0.2) is 4.79 Å². The largest absolute Gasteiger partial charge is 0.478 e. The summed E-state index contributed by atoms with van der Waals surface area (Å²) in [5.41, 5.74) is -0.467. The van der Waals surface area contributed by atoms with Gasteiger partial charge in [-0.1, -0.05) is 22.9 Å². The lowest BCUT2D eigenvalue weighted by Crippen LogP contribution is -2.45. The number of rotatable bonds is 6. The van der Waals surface area contributed by atoms with Crippen molar-refractivity contribution in [3.8, 4) is 0 Å². The molecule has 1 aromatic carbocycles. The lowest BCUT2D eigenvalue weighted by Gasteiger charge is -2.31. The van der Waals surface area contributed by atoms with E-state index in [1.807, 2.05) is 0 Å². The molecule has 1 rings (SSSR count). The van der Waals surface area contributed by atoms with Crippen LogP contribution in [0.25, 0.3) is 0 Å². The molecule has 1 aromatic rings. The number of halogens is 1. The number of hydrogen-bond donors (Lipinski definition) is 4. The van der Waals surface area contributed by atoms with Crippen molar-refractivity contribution in [2.45, 2.75) is 18.9 Å². The highest BCUT2D eigenvalue weighted by molar-refractivity contribution is 9.10. The first-order valence-electron chi connectivity index (χ1n) is 5.50. The van der Waals surface area contributed by atoms with Crippen LogP contribution in [-0.2, 0) is 0 Å². The van der Waals surface area contributed by atoms with Crippen LogP contribution in [0.1, 0.15) is 23.7 Å². The van der Waals surface area contributed by atoms with Gasteiger partial charge in [-0.2, -0.15) is 0 Å². The highest BCUT2D eigenvalue weighted by Crippen LogP contribution is 2.26. The van der Waals surface area contributed by atoms with E-state index in [0.29, 0.717) is 12.1 Å². The van der Waals surface area contributed by atoms with Crippen molar-refractivity contribution in [1.82, 2.24) is 0 Å². The van der Waals surface area contributed by atoms with Crippen molar-refractivity contribution >= 4 is 27.6 Å². The maximum atomic E-state index is 11.1. The van der Waals surface area contributed by atoms with Crippen molar-refractivity contribution in [2.75, 3.05) is 18.5 Å². The van der Waals surface area contributed by atoms with Crippen LogP contribution in [0.15, 0.2) is 22.7 Å². The van der Waals surface area contributed by atoms with Crippen LogP contribution in [0.5, 0.6) is 0 Å². The number of carboxylic acids is 1. The summed E-state index contributed by atoms with van der Waals surface area (Å²) in [7, 11) is 0. The molecule has 18 heavy (non-hydrogen) atoms. The zero-order valence-corrected chi connectivity index (χ0v) is 11.6. The average Bonchev–Trinajstić information content (AvgIpc) is 2.36. The Morgan fingerprint density at radius 1 is 1.39 bits per heavy atom. The molecule has 0 spiro atoms. The van der Waals surface area contributed by atoms with Crippen LogP contribution in [0.4, 0.5) is 5.69 Å². The Balaban J connectivity index is 3.16. The molecule has 0 amide bonds. The minimum Gasteiger partial charge on any atom is -0.478 e. The Kier molecular flexibility index (Phi) is 5.13. The first-order valence-corrected chi connectivity index (χ1v) is 6.30. The van der Waals surface area contributed by atoms with Crippen LogP contribution < -0.4 is 5.32 Å². The summed E-state index contributed by atoms with van der Waals surface area (Å²) in [6, 6.07) is 4.70. The van der Waals surface area contributed by atoms with Gasteiger partial charge in [0.15, 0.2) is 0 Å². The molecule has 6 heteroatoms. The molecule has 100 valence electrons. The van der Waals surface area contributed by atoms with E-state index in [0.717, 1.165) is 4.47 Å². The number of aliphatic hydroxyl groups is 2. The van der Waals surface area contributed by atoms with Gasteiger partial charge in [0.25, 0.3) is 0 Å². The number of carboxylic acid groups (broad SMARTS) is 1. The molecule has 0 saturated heterocycles. The fourth-order valence-electron chi connectivity index (χ4n) is 1.53. The first kappa shape index (κ1) is 14.9. The van der Waals surface area contributed by atoms with Crippen molar-refractivity contribution in [3.63, 3.8) is 0 Å². The minimum absolute atomic E-state index is 0.0953. The topological polar surface area (TPSA) is 89.8 Å². The van der Waals surface area contributed by atoms with E-state index in [4.69, 9.17) is 5.11 Å². The number of aromatic carboxylic acids is 1. The molecule has 0 radical (unpaired) electrons. The predicted molar refractivity (Wildman–Crippen MR) is 71.9 cm³/mol. The molecule has 0 bridgehead atoms. The van der Waals surface area contributed by atoms with Crippen molar-refractivity contribution < 1.29 is 20.1 Å². The van der Waals surface area contributed by atoms with Gasteiger partial charge in [-0.3, -0.25) is 0 Å². The van der Waals surface area contributed by atoms with Gasteiger partial charge in [0.05, 0.1) is 30.0 Å². The standard InChI is InChI=1S/C12H16BrNO4/c1-2-12(6-15,7-16)14-10-5-8(13)3-4-9(10)11(17)18/h3-5,14-16H,2,6-7H2,1H3,(H,17,18). The monoisotopic (exact) mass is 317 g/mol. The van der Waals surface area contributed by atoms with E-state index < -0.39 is 11.5 Å². The summed E-state index contributed by atoms with van der Waals surface area (Å²) in [6.07, 6.45) is 0.464. The van der Waals surface area contributed by atoms with E-state index >= 15 is 0 Å². The second-order valence-electron chi connectivity index (χ2n) is 4.07. The van der Waals surface area contributed by atoms with E-state index in [9.17, 15) is 15.0 Å². The normalized spacial score (nSPS) is 11.3. The molecule has 0 aromatic heterocycles. The molecule has 0 saturated carbocycles. The highest BCUT2D eigenvalue weighted by Gasteiger charge is 2.28. The van der Waals surface area contributed by atoms with Crippen LogP contribution in [-0.4, -0.2) is 40.0 Å². The Labute approximate surface area is 114 Å². The number of carbonyl (C=O) groups is 1. The second kappa shape index (κ2) is 6.17. The molecule has 0 aliphatic carbocycles. The van der Waals surface area contributed by atoms with Gasteiger partial charge in [0.2, 0.25) is 0 Å². The van der Waals surface area contributed by atoms with Gasteiger partial charge in [-0.15, -0.1) is 0 Å². The van der Waals surface area contributed by atoms with Crippen molar-refractivity contribution in [1.29, 1.82) is 0 Å². The number of hydrogen-bond acceptors (Lipinski definition) is 4. The average molecular weight is 318 g/mol. The van der Waals surface area contributed by atoms with E-state index in [-0.39, 0.29) is 18.8 Å². The molecule has 4 N–H and O–H groups in total. The van der Waals surface area contributed by atoms with Crippen molar-refractivity contribution in [3.05, 3.63) is 28.2 Å². The zero-order valence-electron chi connectivity index (χ0n) is 9.98. The predicted octanol–water partition coefficient (Wildman–Crippen LogP) is 1.69. The zero-order chi connectivity index (χ0) is 13.8. The van der Waals surface area contributed by atoms with Crippen LogP contribution in [0.3, 0.4) is 0 Å². The maximum Gasteiger partial charge on any atom is 0.337 e. The number of aliphatic hydroxyl groups excluding tert-OH is 2. The van der Waals surface area contributed by atoms with E-state index in [2.05, 4.69) is 21.2 Å². The van der Waals surface area contributed by atoms with Gasteiger partial charge >= 0.3 is 5.97 Å². The molecule has 0 atom stereocenters. The molecular weight excluding hydrogens is 302 g/mol. The number of benzene rings is 1. The van der Waals surface area contributed by atoms with E-state index in [1.165, 1.54) is 6.07 Å². The third-order valence-corrected chi connectivity index (χ3v) is 3.39. The van der Waals surface area contributed by atoms with E-state index in [1.54, 1.807) is 19.1 Å². The smallest absolute Gasteiger partial charge is 0.337 e. The maximum absolute atomic E-state index is 11.1. The molecule has 5 nitrogen and oxygen atoms in total.